The molecular weight excluding hydrogens is 284 g/mol. The lowest BCUT2D eigenvalue weighted by Crippen LogP contribution is -2.15. The highest BCUT2D eigenvalue weighted by Gasteiger charge is 2.23. The summed E-state index contributed by atoms with van der Waals surface area (Å²) in [5.74, 6) is 1.35. The van der Waals surface area contributed by atoms with Crippen molar-refractivity contribution in [2.24, 2.45) is 5.73 Å². The second-order valence-electron chi connectivity index (χ2n) is 5.88. The number of para-hydroxylation sites is 1. The second-order valence-corrected chi connectivity index (χ2v) is 6.77. The van der Waals surface area contributed by atoms with Crippen molar-refractivity contribution in [3.8, 4) is 11.5 Å². The molecule has 5 heteroatoms. The van der Waals surface area contributed by atoms with Crippen LogP contribution in [0.3, 0.4) is 0 Å². The van der Waals surface area contributed by atoms with Crippen molar-refractivity contribution in [1.82, 2.24) is 4.98 Å². The summed E-state index contributed by atoms with van der Waals surface area (Å²) < 4.78 is 10.8. The third-order valence-electron chi connectivity index (χ3n) is 3.32. The highest BCUT2D eigenvalue weighted by molar-refractivity contribution is 7.09. The fraction of sp³-hybridized carbons (Fsp3) is 0.438. The van der Waals surface area contributed by atoms with E-state index in [1.165, 1.54) is 0 Å². The molecule has 1 aromatic carbocycles. The molecule has 114 valence electrons. The van der Waals surface area contributed by atoms with E-state index >= 15 is 0 Å². The van der Waals surface area contributed by atoms with E-state index in [2.05, 4.69) is 31.1 Å². The van der Waals surface area contributed by atoms with E-state index in [0.717, 1.165) is 16.3 Å². The number of ether oxygens (including phenoxy) is 2. The normalized spacial score (nSPS) is 13.0. The average Bonchev–Trinajstić information content (AvgIpc) is 2.95. The smallest absolute Gasteiger partial charge is 0.165 e. The van der Waals surface area contributed by atoms with Gasteiger partial charge in [0.15, 0.2) is 11.5 Å². The van der Waals surface area contributed by atoms with Gasteiger partial charge in [-0.1, -0.05) is 32.9 Å². The molecule has 1 heterocycles. The van der Waals surface area contributed by atoms with E-state index in [1.807, 2.05) is 18.2 Å². The van der Waals surface area contributed by atoms with Crippen molar-refractivity contribution in [1.29, 1.82) is 0 Å². The van der Waals surface area contributed by atoms with E-state index < -0.39 is 0 Å². The summed E-state index contributed by atoms with van der Waals surface area (Å²) in [7, 11) is 3.24. The van der Waals surface area contributed by atoms with Gasteiger partial charge in [0.25, 0.3) is 0 Å². The van der Waals surface area contributed by atoms with Crippen molar-refractivity contribution in [3.63, 3.8) is 0 Å². The van der Waals surface area contributed by atoms with Crippen LogP contribution >= 0.6 is 11.3 Å². The standard InChI is InChI=1S/C16H22N2O2S/c1-16(2,3)12-9-21-15(18-12)13(17)10-7-6-8-11(19-4)14(10)20-5/h6-9,13H,17H2,1-5H3. The number of thiazole rings is 1. The molecule has 0 amide bonds. The number of nitrogens with two attached hydrogens (primary N) is 1. The molecule has 0 fully saturated rings. The van der Waals surface area contributed by atoms with E-state index in [-0.39, 0.29) is 11.5 Å². The van der Waals surface area contributed by atoms with Crippen molar-refractivity contribution >= 4 is 11.3 Å². The van der Waals surface area contributed by atoms with Crippen LogP contribution in [-0.2, 0) is 5.41 Å². The Morgan fingerprint density at radius 2 is 1.90 bits per heavy atom. The Bertz CT molecular complexity index is 617. The van der Waals surface area contributed by atoms with E-state index in [4.69, 9.17) is 15.2 Å². The summed E-state index contributed by atoms with van der Waals surface area (Å²) in [6, 6.07) is 5.40. The number of hydrogen-bond donors (Lipinski definition) is 1. The predicted molar refractivity (Wildman–Crippen MR) is 86.4 cm³/mol. The van der Waals surface area contributed by atoms with Gasteiger partial charge in [-0.2, -0.15) is 0 Å². The van der Waals surface area contributed by atoms with Gasteiger partial charge in [0.1, 0.15) is 5.01 Å². The fourth-order valence-electron chi connectivity index (χ4n) is 2.06. The lowest BCUT2D eigenvalue weighted by molar-refractivity contribution is 0.350. The molecule has 1 atom stereocenters. The first-order chi connectivity index (χ1) is 9.88. The molecule has 0 bridgehead atoms. The minimum atomic E-state index is -0.323. The molecule has 1 aromatic heterocycles. The van der Waals surface area contributed by atoms with Gasteiger partial charge >= 0.3 is 0 Å². The van der Waals surface area contributed by atoms with Gasteiger partial charge in [-0.3, -0.25) is 0 Å². The highest BCUT2D eigenvalue weighted by atomic mass is 32.1. The molecule has 2 N–H and O–H groups in total. The first-order valence-corrected chi connectivity index (χ1v) is 7.68. The van der Waals surface area contributed by atoms with Gasteiger partial charge in [0, 0.05) is 16.4 Å². The summed E-state index contributed by atoms with van der Waals surface area (Å²) in [6.45, 7) is 6.43. The van der Waals surface area contributed by atoms with E-state index in [1.54, 1.807) is 25.6 Å². The fourth-order valence-corrected chi connectivity index (χ4v) is 3.13. The molecule has 0 aliphatic carbocycles. The van der Waals surface area contributed by atoms with Crippen molar-refractivity contribution < 1.29 is 9.47 Å². The zero-order valence-corrected chi connectivity index (χ0v) is 14.0. The lowest BCUT2D eigenvalue weighted by atomic mass is 9.93. The minimum Gasteiger partial charge on any atom is -0.493 e. The maximum Gasteiger partial charge on any atom is 0.165 e. The third-order valence-corrected chi connectivity index (χ3v) is 4.25. The van der Waals surface area contributed by atoms with Crippen molar-refractivity contribution in [2.75, 3.05) is 14.2 Å². The molecule has 0 spiro atoms. The average molecular weight is 306 g/mol. The van der Waals surface area contributed by atoms with Crippen LogP contribution in [0.15, 0.2) is 23.6 Å². The highest BCUT2D eigenvalue weighted by Crippen LogP contribution is 2.37. The van der Waals surface area contributed by atoms with Crippen LogP contribution in [0.2, 0.25) is 0 Å². The molecule has 0 radical (unpaired) electrons. The van der Waals surface area contributed by atoms with Crippen LogP contribution in [0.4, 0.5) is 0 Å². The summed E-state index contributed by atoms with van der Waals surface area (Å²) >= 11 is 1.58. The third kappa shape index (κ3) is 3.19. The van der Waals surface area contributed by atoms with Crippen LogP contribution in [0.25, 0.3) is 0 Å². The minimum absolute atomic E-state index is 0.0208. The number of benzene rings is 1. The Hall–Kier alpha value is -1.59. The Balaban J connectivity index is 2.40. The zero-order chi connectivity index (χ0) is 15.6. The molecule has 0 aliphatic heterocycles. The summed E-state index contributed by atoms with van der Waals surface area (Å²) in [5, 5.41) is 2.95. The number of rotatable bonds is 4. The summed E-state index contributed by atoms with van der Waals surface area (Å²) in [4.78, 5) is 4.69. The first-order valence-electron chi connectivity index (χ1n) is 6.81. The SMILES string of the molecule is COc1cccc(C(N)c2nc(C(C)(C)C)cs2)c1OC. The van der Waals surface area contributed by atoms with Gasteiger partial charge in [-0.05, 0) is 6.07 Å². The van der Waals surface area contributed by atoms with E-state index in [9.17, 15) is 0 Å². The van der Waals surface area contributed by atoms with E-state index in [0.29, 0.717) is 11.5 Å². The van der Waals surface area contributed by atoms with Crippen molar-refractivity contribution in [3.05, 3.63) is 39.8 Å². The molecular formula is C16H22N2O2S. The Labute approximate surface area is 129 Å². The van der Waals surface area contributed by atoms with Crippen LogP contribution in [-0.4, -0.2) is 19.2 Å². The molecule has 0 saturated heterocycles. The predicted octanol–water partition coefficient (Wildman–Crippen LogP) is 3.51. The summed E-state index contributed by atoms with van der Waals surface area (Å²) in [6.07, 6.45) is 0. The summed E-state index contributed by atoms with van der Waals surface area (Å²) in [5.41, 5.74) is 8.34. The number of hydrogen-bond acceptors (Lipinski definition) is 5. The number of aromatic nitrogens is 1. The Morgan fingerprint density at radius 3 is 2.43 bits per heavy atom. The molecule has 2 aromatic rings. The largest absolute Gasteiger partial charge is 0.493 e. The second kappa shape index (κ2) is 6.03. The first kappa shape index (κ1) is 15.8. The zero-order valence-electron chi connectivity index (χ0n) is 13.1. The van der Waals surface area contributed by atoms with Gasteiger partial charge in [-0.15, -0.1) is 11.3 Å². The lowest BCUT2D eigenvalue weighted by Gasteiger charge is -2.17. The van der Waals surface area contributed by atoms with Crippen molar-refractivity contribution in [2.45, 2.75) is 32.2 Å². The van der Waals surface area contributed by atoms with Crippen LogP contribution < -0.4 is 15.2 Å². The molecule has 0 saturated carbocycles. The van der Waals surface area contributed by atoms with Gasteiger partial charge in [0.2, 0.25) is 0 Å². The molecule has 0 aliphatic rings. The van der Waals surface area contributed by atoms with Gasteiger partial charge < -0.3 is 15.2 Å². The topological polar surface area (TPSA) is 57.4 Å². The Morgan fingerprint density at radius 1 is 1.19 bits per heavy atom. The van der Waals surface area contributed by atoms with Crippen LogP contribution in [0.1, 0.15) is 43.1 Å². The quantitative estimate of drug-likeness (QED) is 0.939. The number of nitrogens with zero attached hydrogens (tertiary/aromatic N) is 1. The molecule has 21 heavy (non-hydrogen) atoms. The van der Waals surface area contributed by atoms with Gasteiger partial charge in [-0.25, -0.2) is 4.98 Å². The number of methoxy groups -OCH3 is 2. The Kier molecular flexibility index (Phi) is 4.54. The van der Waals surface area contributed by atoms with Crippen LogP contribution in [0, 0.1) is 0 Å². The van der Waals surface area contributed by atoms with Crippen LogP contribution in [0.5, 0.6) is 11.5 Å². The maximum atomic E-state index is 6.39. The maximum absolute atomic E-state index is 6.39. The monoisotopic (exact) mass is 306 g/mol. The molecule has 2 rings (SSSR count). The van der Waals surface area contributed by atoms with Gasteiger partial charge in [0.05, 0.1) is 26.0 Å². The molecule has 4 nitrogen and oxygen atoms in total. The molecule has 1 unspecified atom stereocenters.